The highest BCUT2D eigenvalue weighted by Gasteiger charge is 2.67. The van der Waals surface area contributed by atoms with Crippen LogP contribution in [-0.2, 0) is 14.3 Å². The number of esters is 1. The van der Waals surface area contributed by atoms with E-state index in [4.69, 9.17) is 4.74 Å². The van der Waals surface area contributed by atoms with Crippen molar-refractivity contribution in [2.24, 2.45) is 39.4 Å². The molecule has 1 heterocycles. The molecule has 0 spiro atoms. The molecule has 2 fully saturated rings. The Bertz CT molecular complexity index is 957. The number of aliphatic hydroxyl groups excluding tert-OH is 2. The summed E-state index contributed by atoms with van der Waals surface area (Å²) in [6.07, 6.45) is 9.08. The van der Waals surface area contributed by atoms with Crippen molar-refractivity contribution in [2.45, 2.75) is 72.7 Å². The number of hydrogen-bond donors (Lipinski definition) is 2. The van der Waals surface area contributed by atoms with Crippen LogP contribution in [0, 0.1) is 39.4 Å². The van der Waals surface area contributed by atoms with Crippen molar-refractivity contribution in [2.75, 3.05) is 0 Å². The lowest BCUT2D eigenvalue weighted by atomic mass is 9.38. The maximum absolute atomic E-state index is 12.7. The minimum Gasteiger partial charge on any atom is -0.429 e. The van der Waals surface area contributed by atoms with Crippen LogP contribution in [0.5, 0.6) is 0 Å². The van der Waals surface area contributed by atoms with Crippen molar-refractivity contribution in [3.8, 4) is 0 Å². The Balaban J connectivity index is 1.58. The van der Waals surface area contributed by atoms with Gasteiger partial charge in [-0.3, -0.25) is 4.79 Å². The zero-order valence-corrected chi connectivity index (χ0v) is 19.1. The van der Waals surface area contributed by atoms with Gasteiger partial charge in [-0.15, -0.1) is 0 Å². The topological polar surface area (TPSA) is 83.8 Å². The standard InChI is InChI=1S/C26H34O5/c1-23(2)18-13-20(28)26(5)16-7-6-15(14-12-21(29)31-22(14)30)24(16,3)10-8-17(26)25(18,4)11-9-19(23)27/h7,9,11-12,15,17-18,20,22,28,30H,6,8,10,13H2,1-5H3/t15-,17+,18?,20+,22?,24-,25+,26-/m0/s1. The lowest BCUT2D eigenvalue weighted by Crippen LogP contribution is -2.63. The predicted molar refractivity (Wildman–Crippen MR) is 115 cm³/mol. The summed E-state index contributed by atoms with van der Waals surface area (Å²) in [5, 5.41) is 21.9. The number of carbonyl (C=O) groups excluding carboxylic acids is 2. The predicted octanol–water partition coefficient (Wildman–Crippen LogP) is 3.71. The molecular weight excluding hydrogens is 392 g/mol. The molecule has 0 saturated heterocycles. The van der Waals surface area contributed by atoms with Gasteiger partial charge in [0.05, 0.1) is 6.10 Å². The van der Waals surface area contributed by atoms with Gasteiger partial charge in [0.2, 0.25) is 6.29 Å². The van der Waals surface area contributed by atoms with E-state index in [0.717, 1.165) is 19.3 Å². The van der Waals surface area contributed by atoms with Crippen LogP contribution in [0.3, 0.4) is 0 Å². The lowest BCUT2D eigenvalue weighted by molar-refractivity contribution is -0.165. The van der Waals surface area contributed by atoms with Gasteiger partial charge >= 0.3 is 5.97 Å². The van der Waals surface area contributed by atoms with Gasteiger partial charge in [0.25, 0.3) is 0 Å². The summed E-state index contributed by atoms with van der Waals surface area (Å²) < 4.78 is 4.99. The molecule has 0 amide bonds. The van der Waals surface area contributed by atoms with Crippen LogP contribution in [-0.4, -0.2) is 34.4 Å². The highest BCUT2D eigenvalue weighted by molar-refractivity contribution is 5.95. The molecule has 2 N–H and O–H groups in total. The van der Waals surface area contributed by atoms with Crippen molar-refractivity contribution in [3.05, 3.63) is 35.5 Å². The second-order valence-electron chi connectivity index (χ2n) is 11.7. The molecule has 5 heteroatoms. The quantitative estimate of drug-likeness (QED) is 0.493. The summed E-state index contributed by atoms with van der Waals surface area (Å²) in [6.45, 7) is 10.8. The Morgan fingerprint density at radius 1 is 1.06 bits per heavy atom. The third-order valence-electron chi connectivity index (χ3n) is 10.2. The van der Waals surface area contributed by atoms with Gasteiger partial charge in [0, 0.05) is 22.5 Å². The van der Waals surface area contributed by atoms with E-state index in [2.05, 4.69) is 32.9 Å². The van der Waals surface area contributed by atoms with Crippen molar-refractivity contribution >= 4 is 11.8 Å². The summed E-state index contributed by atoms with van der Waals surface area (Å²) in [4.78, 5) is 24.5. The Morgan fingerprint density at radius 3 is 2.42 bits per heavy atom. The first-order valence-corrected chi connectivity index (χ1v) is 11.6. The van der Waals surface area contributed by atoms with Gasteiger partial charge in [-0.2, -0.15) is 0 Å². The summed E-state index contributed by atoms with van der Waals surface area (Å²) in [5.74, 6) is -0.0153. The van der Waals surface area contributed by atoms with Crippen LogP contribution < -0.4 is 0 Å². The lowest BCUT2D eigenvalue weighted by Gasteiger charge is -2.66. The Kier molecular flexibility index (Phi) is 4.23. The molecule has 0 aromatic rings. The minimum absolute atomic E-state index is 0.000582. The molecule has 2 unspecified atom stereocenters. The number of cyclic esters (lactones) is 1. The third-order valence-corrected chi connectivity index (χ3v) is 10.2. The van der Waals surface area contributed by atoms with Crippen molar-refractivity contribution < 1.29 is 24.5 Å². The van der Waals surface area contributed by atoms with Gasteiger partial charge in [0.1, 0.15) is 0 Å². The van der Waals surface area contributed by atoms with Gasteiger partial charge in [-0.25, -0.2) is 4.79 Å². The number of ketones is 1. The number of allylic oxidation sites excluding steroid dienone is 3. The van der Waals surface area contributed by atoms with Crippen molar-refractivity contribution in [1.82, 2.24) is 0 Å². The number of fused-ring (bicyclic) bond motifs is 5. The zero-order valence-electron chi connectivity index (χ0n) is 19.1. The van der Waals surface area contributed by atoms with Gasteiger partial charge in [-0.05, 0) is 60.3 Å². The number of hydrogen-bond acceptors (Lipinski definition) is 5. The molecule has 31 heavy (non-hydrogen) atoms. The van der Waals surface area contributed by atoms with E-state index in [1.807, 2.05) is 13.8 Å². The summed E-state index contributed by atoms with van der Waals surface area (Å²) in [6, 6.07) is 0. The van der Waals surface area contributed by atoms with Crippen LogP contribution in [0.15, 0.2) is 35.5 Å². The van der Waals surface area contributed by atoms with E-state index < -0.39 is 29.2 Å². The highest BCUT2D eigenvalue weighted by atomic mass is 16.6. The van der Waals surface area contributed by atoms with Crippen LogP contribution in [0.25, 0.3) is 0 Å². The Hall–Kier alpha value is -1.72. The Morgan fingerprint density at radius 2 is 1.77 bits per heavy atom. The molecule has 5 rings (SSSR count). The zero-order chi connectivity index (χ0) is 22.6. The second-order valence-corrected chi connectivity index (χ2v) is 11.7. The molecule has 5 nitrogen and oxygen atoms in total. The molecule has 0 aromatic carbocycles. The largest absolute Gasteiger partial charge is 0.429 e. The first kappa shape index (κ1) is 21.1. The first-order valence-electron chi connectivity index (χ1n) is 11.6. The Labute approximate surface area is 184 Å². The fourth-order valence-corrected chi connectivity index (χ4v) is 8.47. The summed E-state index contributed by atoms with van der Waals surface area (Å²) >= 11 is 0. The molecule has 0 radical (unpaired) electrons. The number of ether oxygens (including phenoxy) is 1. The fraction of sp³-hybridized carbons (Fsp3) is 0.692. The van der Waals surface area contributed by atoms with Crippen molar-refractivity contribution in [3.63, 3.8) is 0 Å². The second kappa shape index (κ2) is 6.20. The van der Waals surface area contributed by atoms with E-state index in [1.165, 1.54) is 11.6 Å². The van der Waals surface area contributed by atoms with Gasteiger partial charge in [0.15, 0.2) is 5.78 Å². The van der Waals surface area contributed by atoms with E-state index in [1.54, 1.807) is 6.08 Å². The van der Waals surface area contributed by atoms with E-state index in [0.29, 0.717) is 12.0 Å². The fourth-order valence-electron chi connectivity index (χ4n) is 8.47. The molecule has 1 aliphatic heterocycles. The molecule has 8 atom stereocenters. The van der Waals surface area contributed by atoms with Gasteiger partial charge < -0.3 is 14.9 Å². The molecule has 5 aliphatic rings. The van der Waals surface area contributed by atoms with E-state index in [-0.39, 0.29) is 34.4 Å². The summed E-state index contributed by atoms with van der Waals surface area (Å²) in [7, 11) is 0. The SMILES string of the molecule is CC1(C)C(=O)C=C[C@@]2(C)C1C[C@@H](O)[C@@]1(C)C3=CC[C@@H](C4=CC(=O)OC4O)[C@]3(C)CC[C@@H]12. The van der Waals surface area contributed by atoms with Gasteiger partial charge in [-0.1, -0.05) is 52.3 Å². The molecule has 0 bridgehead atoms. The van der Waals surface area contributed by atoms with Crippen LogP contribution in [0.2, 0.25) is 0 Å². The monoisotopic (exact) mass is 426 g/mol. The van der Waals surface area contributed by atoms with Crippen molar-refractivity contribution in [1.29, 1.82) is 0 Å². The molecular formula is C26H34O5. The molecule has 0 aromatic heterocycles. The normalized spacial score (nSPS) is 50.2. The number of rotatable bonds is 1. The molecule has 168 valence electrons. The smallest absolute Gasteiger partial charge is 0.333 e. The first-order chi connectivity index (χ1) is 14.4. The van der Waals surface area contributed by atoms with Crippen LogP contribution in [0.4, 0.5) is 0 Å². The van der Waals surface area contributed by atoms with Crippen LogP contribution in [0.1, 0.15) is 60.3 Å². The molecule has 4 aliphatic carbocycles. The van der Waals surface area contributed by atoms with Crippen LogP contribution >= 0.6 is 0 Å². The highest BCUT2D eigenvalue weighted by Crippen LogP contribution is 2.72. The van der Waals surface area contributed by atoms with E-state index in [9.17, 15) is 19.8 Å². The number of aliphatic hydroxyl groups is 2. The maximum Gasteiger partial charge on any atom is 0.333 e. The third kappa shape index (κ3) is 2.45. The number of carbonyl (C=O) groups is 2. The maximum atomic E-state index is 12.7. The van der Waals surface area contributed by atoms with E-state index >= 15 is 0 Å². The average molecular weight is 427 g/mol. The minimum atomic E-state index is -1.17. The summed E-state index contributed by atoms with van der Waals surface area (Å²) in [5.41, 5.74) is 0.610. The molecule has 2 saturated carbocycles. The average Bonchev–Trinajstić information content (AvgIpc) is 3.20.